The zero-order valence-electron chi connectivity index (χ0n) is 18.5. The van der Waals surface area contributed by atoms with Crippen molar-refractivity contribution in [3.05, 3.63) is 59.2 Å². The van der Waals surface area contributed by atoms with Crippen LogP contribution in [0.3, 0.4) is 0 Å². The first kappa shape index (κ1) is 22.8. The van der Waals surface area contributed by atoms with Gasteiger partial charge < -0.3 is 19.5 Å². The second-order valence-electron chi connectivity index (χ2n) is 7.92. The third kappa shape index (κ3) is 5.25. The Morgan fingerprint density at radius 3 is 2.58 bits per heavy atom. The fourth-order valence-corrected chi connectivity index (χ4v) is 3.89. The van der Waals surface area contributed by atoms with Crippen LogP contribution >= 0.6 is 0 Å². The molecule has 0 saturated carbocycles. The lowest BCUT2D eigenvalue weighted by Crippen LogP contribution is -2.44. The number of anilines is 1. The highest BCUT2D eigenvalue weighted by atomic mass is 16.5. The van der Waals surface area contributed by atoms with Gasteiger partial charge in [-0.1, -0.05) is 43.2 Å². The summed E-state index contributed by atoms with van der Waals surface area (Å²) in [6, 6.07) is 13.2. The minimum Gasteiger partial charge on any atom is -0.493 e. The minimum atomic E-state index is -0.675. The molecular formula is C25H31NO5. The lowest BCUT2D eigenvalue weighted by Gasteiger charge is -2.36. The molecule has 1 amide bonds. The molecule has 1 saturated heterocycles. The molecule has 2 aromatic carbocycles. The number of ether oxygens (including phenoxy) is 3. The molecule has 0 bridgehead atoms. The molecule has 1 N–H and O–H groups in total. The summed E-state index contributed by atoms with van der Waals surface area (Å²) in [5, 5.41) is 3.03. The Morgan fingerprint density at radius 1 is 1.13 bits per heavy atom. The van der Waals surface area contributed by atoms with Gasteiger partial charge in [0, 0.05) is 18.9 Å². The molecule has 3 rings (SSSR count). The highest BCUT2D eigenvalue weighted by Crippen LogP contribution is 2.37. The van der Waals surface area contributed by atoms with E-state index >= 15 is 0 Å². The van der Waals surface area contributed by atoms with Gasteiger partial charge in [-0.15, -0.1) is 0 Å². The van der Waals surface area contributed by atoms with Gasteiger partial charge in [-0.3, -0.25) is 4.79 Å². The van der Waals surface area contributed by atoms with Gasteiger partial charge in [0.25, 0.3) is 0 Å². The number of aryl methyl sites for hydroxylation is 1. The van der Waals surface area contributed by atoms with E-state index in [9.17, 15) is 9.59 Å². The zero-order chi connectivity index (χ0) is 22.3. The molecule has 0 radical (unpaired) electrons. The molecule has 1 heterocycles. The molecule has 1 aliphatic heterocycles. The van der Waals surface area contributed by atoms with Gasteiger partial charge in [-0.2, -0.15) is 0 Å². The van der Waals surface area contributed by atoms with Gasteiger partial charge in [-0.25, -0.2) is 4.79 Å². The molecule has 0 spiro atoms. The second-order valence-corrected chi connectivity index (χ2v) is 7.92. The lowest BCUT2D eigenvalue weighted by molar-refractivity contribution is -0.125. The molecule has 166 valence electrons. The first-order valence-corrected chi connectivity index (χ1v) is 10.8. The summed E-state index contributed by atoms with van der Waals surface area (Å²) in [5.74, 6) is -0.142. The maximum atomic E-state index is 13.5. The fraction of sp³-hybridized carbons (Fsp3) is 0.440. The van der Waals surface area contributed by atoms with Crippen molar-refractivity contribution in [3.63, 3.8) is 0 Å². The van der Waals surface area contributed by atoms with Crippen molar-refractivity contribution in [2.75, 3.05) is 32.2 Å². The summed E-state index contributed by atoms with van der Waals surface area (Å²) in [6.07, 6.45) is 3.08. The molecule has 1 aliphatic rings. The molecule has 6 nitrogen and oxygen atoms in total. The standard InChI is InChI=1S/C25H31NO5/c1-4-5-13-31-22-10-9-20(17-21(22)23(27)29-3)26-24(28)25(11-14-30-15-12-25)19-8-6-7-18(2)16-19/h6-10,16-17H,4-5,11-15H2,1-3H3,(H,26,28). The summed E-state index contributed by atoms with van der Waals surface area (Å²) in [6.45, 7) is 5.67. The number of methoxy groups -OCH3 is 1. The molecule has 2 aromatic rings. The van der Waals surface area contributed by atoms with Gasteiger partial charge >= 0.3 is 5.97 Å². The van der Waals surface area contributed by atoms with Gasteiger partial charge in [-0.05, 0) is 49.9 Å². The average molecular weight is 426 g/mol. The number of carbonyl (C=O) groups is 2. The number of hydrogen-bond donors (Lipinski definition) is 1. The van der Waals surface area contributed by atoms with E-state index < -0.39 is 11.4 Å². The van der Waals surface area contributed by atoms with E-state index in [0.29, 0.717) is 49.7 Å². The van der Waals surface area contributed by atoms with Crippen molar-refractivity contribution in [2.45, 2.75) is 44.9 Å². The SMILES string of the molecule is CCCCOc1ccc(NC(=O)C2(c3cccc(C)c3)CCOCC2)cc1C(=O)OC. The van der Waals surface area contributed by atoms with Crippen LogP contribution in [0.25, 0.3) is 0 Å². The van der Waals surface area contributed by atoms with Crippen LogP contribution in [0.2, 0.25) is 0 Å². The number of unbranched alkanes of at least 4 members (excludes halogenated alkanes) is 1. The Labute approximate surface area is 183 Å². The van der Waals surface area contributed by atoms with Crippen LogP contribution < -0.4 is 10.1 Å². The summed E-state index contributed by atoms with van der Waals surface area (Å²) >= 11 is 0. The summed E-state index contributed by atoms with van der Waals surface area (Å²) < 4.78 is 16.2. The van der Waals surface area contributed by atoms with E-state index in [1.807, 2.05) is 25.1 Å². The van der Waals surface area contributed by atoms with E-state index in [4.69, 9.17) is 14.2 Å². The zero-order valence-corrected chi connectivity index (χ0v) is 18.5. The highest BCUT2D eigenvalue weighted by Gasteiger charge is 2.41. The van der Waals surface area contributed by atoms with Crippen LogP contribution in [0.4, 0.5) is 5.69 Å². The van der Waals surface area contributed by atoms with Gasteiger partial charge in [0.1, 0.15) is 11.3 Å². The van der Waals surface area contributed by atoms with Gasteiger partial charge in [0.2, 0.25) is 5.91 Å². The lowest BCUT2D eigenvalue weighted by atomic mass is 9.73. The first-order chi connectivity index (χ1) is 15.0. The maximum absolute atomic E-state index is 13.5. The van der Waals surface area contributed by atoms with Crippen molar-refractivity contribution < 1.29 is 23.8 Å². The Hall–Kier alpha value is -2.86. The van der Waals surface area contributed by atoms with Crippen LogP contribution in [0.15, 0.2) is 42.5 Å². The van der Waals surface area contributed by atoms with Crippen LogP contribution in [0, 0.1) is 6.92 Å². The molecule has 6 heteroatoms. The summed E-state index contributed by atoms with van der Waals surface area (Å²) in [5.41, 5.74) is 2.25. The molecular weight excluding hydrogens is 394 g/mol. The smallest absolute Gasteiger partial charge is 0.341 e. The highest BCUT2D eigenvalue weighted by molar-refractivity contribution is 6.01. The molecule has 31 heavy (non-hydrogen) atoms. The van der Waals surface area contributed by atoms with Crippen LogP contribution in [0.1, 0.15) is 54.1 Å². The topological polar surface area (TPSA) is 73.9 Å². The largest absolute Gasteiger partial charge is 0.493 e. The van der Waals surface area contributed by atoms with E-state index in [2.05, 4.69) is 18.3 Å². The predicted molar refractivity (Wildman–Crippen MR) is 120 cm³/mol. The monoisotopic (exact) mass is 425 g/mol. The van der Waals surface area contributed by atoms with Crippen molar-refractivity contribution in [1.82, 2.24) is 0 Å². The molecule has 0 unspecified atom stereocenters. The number of hydrogen-bond acceptors (Lipinski definition) is 5. The number of esters is 1. The quantitative estimate of drug-likeness (QED) is 0.492. The normalized spacial score (nSPS) is 15.2. The van der Waals surface area contributed by atoms with Crippen molar-refractivity contribution in [1.29, 1.82) is 0 Å². The second kappa shape index (κ2) is 10.4. The van der Waals surface area contributed by atoms with Gasteiger partial charge in [0.05, 0.1) is 19.1 Å². The van der Waals surface area contributed by atoms with Crippen molar-refractivity contribution in [2.24, 2.45) is 0 Å². The van der Waals surface area contributed by atoms with Crippen molar-refractivity contribution in [3.8, 4) is 5.75 Å². The molecule has 0 aliphatic carbocycles. The number of nitrogens with one attached hydrogen (secondary N) is 1. The molecule has 0 aromatic heterocycles. The Morgan fingerprint density at radius 2 is 1.90 bits per heavy atom. The summed E-state index contributed by atoms with van der Waals surface area (Å²) in [4.78, 5) is 25.8. The Balaban J connectivity index is 1.88. The number of amides is 1. The number of benzene rings is 2. The van der Waals surface area contributed by atoms with E-state index in [1.165, 1.54) is 7.11 Å². The van der Waals surface area contributed by atoms with E-state index in [-0.39, 0.29) is 5.91 Å². The molecule has 0 atom stereocenters. The Kier molecular flexibility index (Phi) is 7.69. The Bertz CT molecular complexity index is 918. The third-order valence-electron chi connectivity index (χ3n) is 5.75. The summed E-state index contributed by atoms with van der Waals surface area (Å²) in [7, 11) is 1.33. The van der Waals surface area contributed by atoms with Crippen LogP contribution in [-0.4, -0.2) is 38.8 Å². The predicted octanol–water partition coefficient (Wildman–Crippen LogP) is 4.65. The van der Waals surface area contributed by atoms with Crippen LogP contribution in [0.5, 0.6) is 5.75 Å². The van der Waals surface area contributed by atoms with E-state index in [0.717, 1.165) is 24.0 Å². The molecule has 1 fully saturated rings. The number of rotatable bonds is 8. The third-order valence-corrected chi connectivity index (χ3v) is 5.75. The fourth-order valence-electron chi connectivity index (χ4n) is 3.89. The minimum absolute atomic E-state index is 0.100. The number of carbonyl (C=O) groups excluding carboxylic acids is 2. The van der Waals surface area contributed by atoms with E-state index in [1.54, 1.807) is 18.2 Å². The average Bonchev–Trinajstić information content (AvgIpc) is 2.80. The van der Waals surface area contributed by atoms with Crippen molar-refractivity contribution >= 4 is 17.6 Å². The van der Waals surface area contributed by atoms with Gasteiger partial charge in [0.15, 0.2) is 0 Å². The first-order valence-electron chi connectivity index (χ1n) is 10.8. The maximum Gasteiger partial charge on any atom is 0.341 e. The van der Waals surface area contributed by atoms with Crippen LogP contribution in [-0.2, 0) is 19.7 Å².